The fraction of sp³-hybridized carbons (Fsp3) is 0.423. The van der Waals surface area contributed by atoms with E-state index in [0.29, 0.717) is 12.8 Å². The first-order valence-electron chi connectivity index (χ1n) is 11.8. The number of alkyl carbamates (subject to hydrolysis) is 1. The van der Waals surface area contributed by atoms with Gasteiger partial charge in [0.2, 0.25) is 5.91 Å². The van der Waals surface area contributed by atoms with Gasteiger partial charge in [0.15, 0.2) is 0 Å². The Bertz CT molecular complexity index is 1120. The average molecular weight is 484 g/mol. The van der Waals surface area contributed by atoms with Crippen molar-refractivity contribution in [1.82, 2.24) is 10.2 Å². The highest BCUT2D eigenvalue weighted by Gasteiger charge is 2.72. The van der Waals surface area contributed by atoms with Gasteiger partial charge in [-0.25, -0.2) is 13.6 Å². The lowest BCUT2D eigenvalue weighted by atomic mass is 9.98. The molecule has 0 spiro atoms. The third kappa shape index (κ3) is 4.24. The van der Waals surface area contributed by atoms with Crippen molar-refractivity contribution in [3.8, 4) is 11.1 Å². The van der Waals surface area contributed by atoms with E-state index in [1.807, 2.05) is 48.5 Å². The van der Waals surface area contributed by atoms with Crippen molar-refractivity contribution in [1.29, 1.82) is 0 Å². The molecule has 1 aliphatic heterocycles. The largest absolute Gasteiger partial charge is 0.481 e. The van der Waals surface area contributed by atoms with E-state index in [0.717, 1.165) is 22.3 Å². The Hall–Kier alpha value is -3.49. The van der Waals surface area contributed by atoms with Gasteiger partial charge in [0, 0.05) is 25.6 Å². The van der Waals surface area contributed by atoms with Crippen LogP contribution in [0.3, 0.4) is 0 Å². The number of halogens is 2. The normalized spacial score (nSPS) is 24.3. The Morgan fingerprint density at radius 2 is 1.69 bits per heavy atom. The highest BCUT2D eigenvalue weighted by molar-refractivity contribution is 5.85. The number of piperidine rings is 1. The molecule has 3 unspecified atom stereocenters. The third-order valence-electron chi connectivity index (χ3n) is 7.36. The van der Waals surface area contributed by atoms with E-state index in [1.54, 1.807) is 0 Å². The maximum absolute atomic E-state index is 14.4. The van der Waals surface area contributed by atoms with Gasteiger partial charge >= 0.3 is 12.1 Å². The number of carbonyl (C=O) groups is 3. The minimum atomic E-state index is -3.25. The van der Waals surface area contributed by atoms with E-state index in [9.17, 15) is 28.3 Å². The van der Waals surface area contributed by atoms with Crippen LogP contribution in [-0.2, 0) is 14.3 Å². The number of benzene rings is 2. The number of ether oxygens (including phenoxy) is 1. The van der Waals surface area contributed by atoms with Crippen LogP contribution in [0.25, 0.3) is 11.1 Å². The van der Waals surface area contributed by atoms with E-state index in [1.165, 1.54) is 4.90 Å². The molecule has 184 valence electrons. The molecule has 2 aromatic carbocycles. The lowest BCUT2D eigenvalue weighted by molar-refractivity contribution is -0.146. The van der Waals surface area contributed by atoms with Crippen LogP contribution in [0.5, 0.6) is 0 Å². The van der Waals surface area contributed by atoms with E-state index in [2.05, 4.69) is 5.32 Å². The number of amides is 2. The Morgan fingerprint density at radius 1 is 1.06 bits per heavy atom. The molecular formula is C26H26F2N2O5. The molecule has 1 heterocycles. The molecule has 0 bridgehead atoms. The first-order chi connectivity index (χ1) is 16.8. The quantitative estimate of drug-likeness (QED) is 0.652. The van der Waals surface area contributed by atoms with Gasteiger partial charge in [-0.05, 0) is 35.1 Å². The molecule has 2 fully saturated rings. The summed E-state index contributed by atoms with van der Waals surface area (Å²) in [5.74, 6) is -8.80. The summed E-state index contributed by atoms with van der Waals surface area (Å²) in [4.78, 5) is 37.4. The first-order valence-corrected chi connectivity index (χ1v) is 11.8. The summed E-state index contributed by atoms with van der Waals surface area (Å²) >= 11 is 0. The van der Waals surface area contributed by atoms with Crippen LogP contribution in [0.15, 0.2) is 48.5 Å². The predicted octanol–water partition coefficient (Wildman–Crippen LogP) is 3.73. The Balaban J connectivity index is 1.16. The maximum atomic E-state index is 14.4. The van der Waals surface area contributed by atoms with Crippen LogP contribution >= 0.6 is 0 Å². The lowest BCUT2D eigenvalue weighted by Crippen LogP contribution is -2.43. The standard InChI is InChI=1S/C26H26F2N2O5/c27-26(28)21(22(26)23(31)30-11-5-6-15(13-30)24(32)33)12-29-25(34)35-14-20-18-9-3-1-7-16(18)17-8-2-4-10-19(17)20/h1-4,7-10,15,20-22H,5-6,11-14H2,(H,29,34)(H,32,33). The molecule has 1 saturated heterocycles. The zero-order chi connectivity index (χ0) is 24.7. The molecule has 5 rings (SSSR count). The van der Waals surface area contributed by atoms with Crippen molar-refractivity contribution >= 4 is 18.0 Å². The Labute approximate surface area is 201 Å². The SMILES string of the molecule is O=C(NCC1C(C(=O)N2CCCC(C(=O)O)C2)C1(F)F)OCC1c2ccccc2-c2ccccc21. The van der Waals surface area contributed by atoms with Crippen LogP contribution in [0.1, 0.15) is 29.9 Å². The molecule has 7 nitrogen and oxygen atoms in total. The van der Waals surface area contributed by atoms with Gasteiger partial charge in [0.05, 0.1) is 11.8 Å². The van der Waals surface area contributed by atoms with Crippen molar-refractivity contribution in [3.05, 3.63) is 59.7 Å². The van der Waals surface area contributed by atoms with Gasteiger partial charge in [0.1, 0.15) is 12.5 Å². The molecule has 35 heavy (non-hydrogen) atoms. The third-order valence-corrected chi connectivity index (χ3v) is 7.36. The summed E-state index contributed by atoms with van der Waals surface area (Å²) in [7, 11) is 0. The van der Waals surface area contributed by atoms with Gasteiger partial charge < -0.3 is 20.1 Å². The van der Waals surface area contributed by atoms with Crippen LogP contribution in [0.4, 0.5) is 13.6 Å². The van der Waals surface area contributed by atoms with Gasteiger partial charge in [-0.1, -0.05) is 48.5 Å². The summed E-state index contributed by atoms with van der Waals surface area (Å²) in [6.45, 7) is -0.126. The zero-order valence-electron chi connectivity index (χ0n) is 19.0. The minimum absolute atomic E-state index is 0.0622. The van der Waals surface area contributed by atoms with E-state index in [4.69, 9.17) is 4.74 Å². The number of fused-ring (bicyclic) bond motifs is 3. The summed E-state index contributed by atoms with van der Waals surface area (Å²) in [5, 5.41) is 11.6. The molecule has 2 amide bonds. The monoisotopic (exact) mass is 484 g/mol. The van der Waals surface area contributed by atoms with Crippen LogP contribution in [0, 0.1) is 17.8 Å². The van der Waals surface area contributed by atoms with E-state index in [-0.39, 0.29) is 25.6 Å². The molecule has 3 aliphatic rings. The summed E-state index contributed by atoms with van der Waals surface area (Å²) in [6.07, 6.45) is 0.0704. The fourth-order valence-corrected chi connectivity index (χ4v) is 5.40. The smallest absolute Gasteiger partial charge is 0.407 e. The summed E-state index contributed by atoms with van der Waals surface area (Å²) < 4.78 is 34.1. The molecule has 2 N–H and O–H groups in total. The van der Waals surface area contributed by atoms with Gasteiger partial charge in [-0.2, -0.15) is 0 Å². The van der Waals surface area contributed by atoms with Crippen LogP contribution in [0.2, 0.25) is 0 Å². The number of likely N-dealkylation sites (tertiary alicyclic amines) is 1. The van der Waals surface area contributed by atoms with Crippen molar-refractivity contribution in [2.45, 2.75) is 24.7 Å². The Kier molecular flexibility index (Phi) is 5.94. The predicted molar refractivity (Wildman–Crippen MR) is 122 cm³/mol. The number of alkyl halides is 2. The second-order valence-corrected chi connectivity index (χ2v) is 9.43. The first kappa shape index (κ1) is 23.3. The molecule has 0 radical (unpaired) electrons. The van der Waals surface area contributed by atoms with Crippen molar-refractivity contribution < 1.29 is 33.0 Å². The molecule has 2 aromatic rings. The molecular weight excluding hydrogens is 458 g/mol. The van der Waals surface area contributed by atoms with Crippen molar-refractivity contribution in [2.75, 3.05) is 26.2 Å². The molecule has 9 heteroatoms. The molecule has 1 saturated carbocycles. The second-order valence-electron chi connectivity index (χ2n) is 9.43. The fourth-order valence-electron chi connectivity index (χ4n) is 5.40. The van der Waals surface area contributed by atoms with Crippen molar-refractivity contribution in [2.24, 2.45) is 17.8 Å². The number of carbonyl (C=O) groups excluding carboxylic acids is 2. The zero-order valence-corrected chi connectivity index (χ0v) is 19.0. The van der Waals surface area contributed by atoms with Crippen LogP contribution < -0.4 is 5.32 Å². The lowest BCUT2D eigenvalue weighted by Gasteiger charge is -2.30. The number of hydrogen-bond acceptors (Lipinski definition) is 4. The van der Waals surface area contributed by atoms with E-state index >= 15 is 0 Å². The van der Waals surface area contributed by atoms with Crippen molar-refractivity contribution in [3.63, 3.8) is 0 Å². The number of rotatable bonds is 6. The number of aliphatic carboxylic acids is 1. The number of nitrogens with one attached hydrogen (secondary N) is 1. The maximum Gasteiger partial charge on any atom is 0.407 e. The minimum Gasteiger partial charge on any atom is -0.481 e. The summed E-state index contributed by atoms with van der Waals surface area (Å²) in [5.41, 5.74) is 4.25. The van der Waals surface area contributed by atoms with Gasteiger partial charge in [0.25, 0.3) is 5.92 Å². The van der Waals surface area contributed by atoms with E-state index < -0.39 is 48.2 Å². The topological polar surface area (TPSA) is 95.9 Å². The number of nitrogens with zero attached hydrogens (tertiary/aromatic N) is 1. The highest BCUT2D eigenvalue weighted by atomic mass is 19.3. The average Bonchev–Trinajstić information content (AvgIpc) is 3.26. The van der Waals surface area contributed by atoms with Crippen LogP contribution in [-0.4, -0.2) is 60.1 Å². The number of carboxylic acid groups (broad SMARTS) is 1. The highest BCUT2D eigenvalue weighted by Crippen LogP contribution is 2.56. The number of carboxylic acids is 1. The summed E-state index contributed by atoms with van der Waals surface area (Å²) in [6, 6.07) is 15.7. The number of hydrogen-bond donors (Lipinski definition) is 2. The Morgan fingerprint density at radius 3 is 2.31 bits per heavy atom. The molecule has 3 atom stereocenters. The molecule has 0 aromatic heterocycles. The molecule has 2 aliphatic carbocycles. The second kappa shape index (κ2) is 8.94. The van der Waals surface area contributed by atoms with Gasteiger partial charge in [-0.3, -0.25) is 9.59 Å². The van der Waals surface area contributed by atoms with Gasteiger partial charge in [-0.15, -0.1) is 0 Å².